The first-order chi connectivity index (χ1) is 36.1. The maximum atomic E-state index is 13.4. The van der Waals surface area contributed by atoms with E-state index in [-0.39, 0.29) is 59.2 Å². The van der Waals surface area contributed by atoms with Crippen molar-refractivity contribution in [3.8, 4) is 11.5 Å². The molecule has 75 heavy (non-hydrogen) atoms. The maximum absolute atomic E-state index is 13.4. The highest BCUT2D eigenvalue weighted by molar-refractivity contribution is 9.10. The van der Waals surface area contributed by atoms with Crippen molar-refractivity contribution in [3.63, 3.8) is 0 Å². The molecule has 0 spiro atoms. The number of ether oxygens (including phenoxy) is 2. The number of rotatable bonds is 14. The number of hydrogen-bond donors (Lipinski definition) is 0. The summed E-state index contributed by atoms with van der Waals surface area (Å²) in [6, 6.07) is 28.2. The molecule has 0 saturated carbocycles. The number of carbonyl (C=O) groups is 3. The summed E-state index contributed by atoms with van der Waals surface area (Å²) in [4.78, 5) is 63.8. The van der Waals surface area contributed by atoms with Crippen LogP contribution in [0.2, 0.25) is 0 Å². The third-order valence-corrected chi connectivity index (χ3v) is 15.3. The first-order valence-corrected chi connectivity index (χ1v) is 27.5. The Kier molecular flexibility index (Phi) is 17.1. The van der Waals surface area contributed by atoms with Crippen molar-refractivity contribution in [1.29, 1.82) is 0 Å². The van der Waals surface area contributed by atoms with Crippen molar-refractivity contribution in [3.05, 3.63) is 112 Å². The van der Waals surface area contributed by atoms with Crippen LogP contribution in [-0.4, -0.2) is 153 Å². The highest BCUT2D eigenvalue weighted by Gasteiger charge is 2.41. The summed E-state index contributed by atoms with van der Waals surface area (Å²) in [7, 11) is 0. The van der Waals surface area contributed by atoms with Gasteiger partial charge in [0.25, 0.3) is 11.8 Å². The van der Waals surface area contributed by atoms with Crippen molar-refractivity contribution in [2.45, 2.75) is 97.1 Å². The van der Waals surface area contributed by atoms with Gasteiger partial charge in [0.15, 0.2) is 5.78 Å². The largest absolute Gasteiger partial charge is 0.489 e. The zero-order valence-electron chi connectivity index (χ0n) is 44.3. The predicted molar refractivity (Wildman–Crippen MR) is 295 cm³/mol. The van der Waals surface area contributed by atoms with Crippen molar-refractivity contribution in [2.75, 3.05) is 99.8 Å². The van der Waals surface area contributed by atoms with E-state index in [2.05, 4.69) is 97.8 Å². The Morgan fingerprint density at radius 3 is 1.65 bits per heavy atom. The number of amides is 2. The fourth-order valence-electron chi connectivity index (χ4n) is 10.9. The Morgan fingerprint density at radius 1 is 0.653 bits per heavy atom. The molecule has 4 aromatic carbocycles. The SMILES string of the molecule is CC(C)Oc1ccccc1N1CCN(CC2CC(C(=O)N3CC(C)(C)c4cc(Br)ccc43)=NO2)CC1.CC(C)Oc1ccccc1N1CCN(CC2CC(C(=O)N3CCC(C(=O)c4ccc(F)cc4)CC3)=NO2)CC1. The molecule has 3 saturated heterocycles. The highest BCUT2D eigenvalue weighted by atomic mass is 79.9. The number of Topliss-reactive ketones (excluding diaryl/α,β-unsaturated/α-hetero) is 1. The van der Waals surface area contributed by atoms with Crippen LogP contribution in [0.5, 0.6) is 11.5 Å². The van der Waals surface area contributed by atoms with E-state index in [1.165, 1.54) is 29.8 Å². The summed E-state index contributed by atoms with van der Waals surface area (Å²) >= 11 is 3.56. The molecule has 2 atom stereocenters. The third-order valence-electron chi connectivity index (χ3n) is 14.8. The second kappa shape index (κ2) is 23.9. The van der Waals surface area contributed by atoms with Crippen molar-refractivity contribution in [1.82, 2.24) is 14.7 Å². The molecule has 4 aromatic rings. The molecule has 0 aromatic heterocycles. The zero-order valence-corrected chi connectivity index (χ0v) is 45.8. The van der Waals surface area contributed by atoms with Gasteiger partial charge in [0.1, 0.15) is 40.9 Å². The summed E-state index contributed by atoms with van der Waals surface area (Å²) in [6.07, 6.45) is 2.28. The smallest absolute Gasteiger partial charge is 0.276 e. The highest BCUT2D eigenvalue weighted by Crippen LogP contribution is 2.42. The number of piperidine rings is 1. The van der Waals surface area contributed by atoms with E-state index in [0.717, 1.165) is 98.5 Å². The van der Waals surface area contributed by atoms with Crippen LogP contribution >= 0.6 is 15.9 Å². The average Bonchev–Trinajstić information content (AvgIpc) is 4.15. The molecule has 15 nitrogen and oxygen atoms in total. The van der Waals surface area contributed by atoms with Crippen LogP contribution < -0.4 is 24.2 Å². The quantitative estimate of drug-likeness (QED) is 0.112. The summed E-state index contributed by atoms with van der Waals surface area (Å²) in [5, 5.41) is 8.37. The Morgan fingerprint density at radius 2 is 1.15 bits per heavy atom. The molecule has 400 valence electrons. The number of benzene rings is 4. The summed E-state index contributed by atoms with van der Waals surface area (Å²) in [6.45, 7) is 23.0. The number of anilines is 3. The first kappa shape index (κ1) is 53.8. The van der Waals surface area contributed by atoms with Crippen LogP contribution in [0.1, 0.15) is 83.1 Å². The number of hydrogen-bond acceptors (Lipinski definition) is 13. The van der Waals surface area contributed by atoms with E-state index < -0.39 is 0 Å². The monoisotopic (exact) mass is 1090 g/mol. The molecule has 10 rings (SSSR count). The van der Waals surface area contributed by atoms with Crippen LogP contribution in [0.25, 0.3) is 0 Å². The fraction of sp³-hybridized carbons (Fsp3) is 0.500. The summed E-state index contributed by atoms with van der Waals surface area (Å²) < 4.78 is 26.2. The van der Waals surface area contributed by atoms with Gasteiger partial charge in [-0.1, -0.05) is 64.4 Å². The van der Waals surface area contributed by atoms with Gasteiger partial charge >= 0.3 is 0 Å². The number of nitrogens with zero attached hydrogens (tertiary/aromatic N) is 8. The lowest BCUT2D eigenvalue weighted by Crippen LogP contribution is -2.49. The number of ketones is 1. The molecule has 0 N–H and O–H groups in total. The predicted octanol–water partition coefficient (Wildman–Crippen LogP) is 8.83. The Balaban J connectivity index is 0.000000184. The minimum absolute atomic E-state index is 0.0136. The van der Waals surface area contributed by atoms with Gasteiger partial charge in [0.2, 0.25) is 0 Å². The Bertz CT molecular complexity index is 2710. The van der Waals surface area contributed by atoms with Crippen LogP contribution in [0.15, 0.2) is 106 Å². The topological polar surface area (TPSA) is 132 Å². The molecule has 6 aliphatic heterocycles. The zero-order chi connectivity index (χ0) is 52.8. The lowest BCUT2D eigenvalue weighted by atomic mass is 9.87. The number of para-hydroxylation sites is 4. The molecule has 6 heterocycles. The van der Waals surface area contributed by atoms with Gasteiger partial charge in [-0.25, -0.2) is 4.39 Å². The van der Waals surface area contributed by atoms with E-state index >= 15 is 0 Å². The van der Waals surface area contributed by atoms with Gasteiger partial charge in [-0.05, 0) is 113 Å². The summed E-state index contributed by atoms with van der Waals surface area (Å²) in [5.41, 5.74) is 5.82. The molecule has 0 aliphatic carbocycles. The number of oxime groups is 2. The van der Waals surface area contributed by atoms with Crippen molar-refractivity contribution in [2.24, 2.45) is 16.2 Å². The van der Waals surface area contributed by atoms with E-state index in [4.69, 9.17) is 19.1 Å². The molecule has 0 radical (unpaired) electrons. The van der Waals surface area contributed by atoms with Gasteiger partial charge < -0.3 is 38.7 Å². The number of fused-ring (bicyclic) bond motifs is 1. The normalized spacial score (nSPS) is 21.0. The fourth-order valence-corrected chi connectivity index (χ4v) is 11.3. The van der Waals surface area contributed by atoms with E-state index in [1.807, 2.05) is 61.2 Å². The molecule has 2 unspecified atom stereocenters. The Hall–Kier alpha value is -6.04. The minimum atomic E-state index is -0.356. The van der Waals surface area contributed by atoms with Gasteiger partial charge in [-0.3, -0.25) is 24.2 Å². The number of likely N-dealkylation sites (tertiary alicyclic amines) is 1. The van der Waals surface area contributed by atoms with Gasteiger partial charge in [0.05, 0.1) is 23.6 Å². The number of halogens is 2. The van der Waals surface area contributed by atoms with Gasteiger partial charge in [-0.2, -0.15) is 0 Å². The molecule has 3 fully saturated rings. The minimum Gasteiger partial charge on any atom is -0.489 e. The van der Waals surface area contributed by atoms with Crippen molar-refractivity contribution < 1.29 is 37.9 Å². The average molecular weight is 1090 g/mol. The molecule has 17 heteroatoms. The second-order valence-electron chi connectivity index (χ2n) is 21.7. The number of piperazine rings is 2. The molecular weight excluding hydrogens is 1020 g/mol. The van der Waals surface area contributed by atoms with Gasteiger partial charge in [0, 0.05) is 125 Å². The molecule has 0 bridgehead atoms. The van der Waals surface area contributed by atoms with Crippen LogP contribution in [0.3, 0.4) is 0 Å². The molecule has 6 aliphatic rings. The lowest BCUT2D eigenvalue weighted by molar-refractivity contribution is -0.125. The summed E-state index contributed by atoms with van der Waals surface area (Å²) in [5.74, 6) is 1.22. The standard InChI is InChI=1S/C30H37FN4O4.C28H35BrN4O3/c1-21(2)38-28-6-4-3-5-27(28)34-17-15-33(16-18-34)20-25-19-26(32-39-25)30(37)35-13-11-23(12-14-35)29(36)22-7-9-24(31)10-8-22;1-19(2)35-26-8-6-5-7-25(26)32-13-11-31(12-14-32)17-21-16-23(30-36-21)27(34)33-18-28(3,4)22-15-20(29)9-10-24(22)33/h3-10,21,23,25H,11-20H2,1-2H3;5-10,15,19,21H,11-14,16-18H2,1-4H3. The molecule has 2 amide bonds. The van der Waals surface area contributed by atoms with E-state index in [9.17, 15) is 18.8 Å². The first-order valence-electron chi connectivity index (χ1n) is 26.7. The van der Waals surface area contributed by atoms with Crippen LogP contribution in [0.4, 0.5) is 21.5 Å². The maximum Gasteiger partial charge on any atom is 0.276 e. The molecular formula is C58H72BrFN8O7. The van der Waals surface area contributed by atoms with E-state index in [1.54, 1.807) is 4.90 Å². The van der Waals surface area contributed by atoms with Crippen LogP contribution in [0, 0.1) is 11.7 Å². The number of carbonyl (C=O) groups excluding carboxylic acids is 3. The van der Waals surface area contributed by atoms with Gasteiger partial charge in [-0.15, -0.1) is 0 Å². The van der Waals surface area contributed by atoms with E-state index in [0.29, 0.717) is 62.3 Å². The third kappa shape index (κ3) is 13.1. The van der Waals surface area contributed by atoms with Crippen LogP contribution in [-0.2, 0) is 24.7 Å². The Labute approximate surface area is 449 Å². The van der Waals surface area contributed by atoms with Crippen molar-refractivity contribution >= 4 is 62.0 Å². The second-order valence-corrected chi connectivity index (χ2v) is 22.6. The lowest BCUT2D eigenvalue weighted by Gasteiger charge is -2.37.